The van der Waals surface area contributed by atoms with Crippen molar-refractivity contribution in [2.45, 2.75) is 18.6 Å². The van der Waals surface area contributed by atoms with Gasteiger partial charge in [-0.25, -0.2) is 0 Å². The quantitative estimate of drug-likeness (QED) is 0.768. The maximum Gasteiger partial charge on any atom is 0.422 e. The first-order chi connectivity index (χ1) is 11.4. The number of ether oxygens (including phenoxy) is 2. The molecule has 1 aromatic carbocycles. The van der Waals surface area contributed by atoms with Crippen molar-refractivity contribution < 1.29 is 27.4 Å². The number of rotatable bonds is 6. The van der Waals surface area contributed by atoms with Crippen LogP contribution in [-0.4, -0.2) is 49.9 Å². The van der Waals surface area contributed by atoms with Crippen molar-refractivity contribution >= 4 is 35.8 Å². The molecule has 0 saturated carbocycles. The van der Waals surface area contributed by atoms with E-state index in [1.54, 1.807) is 17.8 Å². The van der Waals surface area contributed by atoms with Crippen LogP contribution in [0, 0.1) is 0 Å². The Balaban J connectivity index is 0.00000312. The number of thioether (sulfide) groups is 1. The minimum absolute atomic E-state index is 0. The number of carbonyl (C=O) groups is 1. The molecule has 142 valence electrons. The zero-order valence-electron chi connectivity index (χ0n) is 13.5. The Morgan fingerprint density at radius 1 is 1.40 bits per heavy atom. The minimum Gasteiger partial charge on any atom is -0.493 e. The molecule has 5 nitrogen and oxygen atoms in total. The Bertz CT molecular complexity index is 569. The van der Waals surface area contributed by atoms with Gasteiger partial charge in [-0.3, -0.25) is 4.79 Å². The molecule has 0 aromatic heterocycles. The van der Waals surface area contributed by atoms with Crippen molar-refractivity contribution in [2.75, 3.05) is 37.1 Å². The minimum atomic E-state index is -4.45. The van der Waals surface area contributed by atoms with Crippen LogP contribution >= 0.6 is 24.2 Å². The van der Waals surface area contributed by atoms with Gasteiger partial charge < -0.3 is 20.1 Å². The summed E-state index contributed by atoms with van der Waals surface area (Å²) in [5, 5.41) is 5.92. The molecule has 0 radical (unpaired) electrons. The van der Waals surface area contributed by atoms with Crippen molar-refractivity contribution in [3.05, 3.63) is 18.2 Å². The molecule has 1 aliphatic rings. The average molecular weight is 401 g/mol. The van der Waals surface area contributed by atoms with Crippen LogP contribution in [-0.2, 0) is 4.79 Å². The fraction of sp³-hybridized carbons (Fsp3) is 0.533. The van der Waals surface area contributed by atoms with Crippen LogP contribution in [0.25, 0.3) is 0 Å². The molecule has 1 aromatic rings. The number of anilines is 1. The molecule has 0 bridgehead atoms. The largest absolute Gasteiger partial charge is 0.493 e. The Hall–Kier alpha value is -1.32. The van der Waals surface area contributed by atoms with Gasteiger partial charge in [-0.2, -0.15) is 24.9 Å². The van der Waals surface area contributed by atoms with Crippen molar-refractivity contribution in [1.82, 2.24) is 5.32 Å². The Labute approximate surface area is 154 Å². The molecule has 1 heterocycles. The molecular formula is C15H20ClF3N2O3S. The van der Waals surface area contributed by atoms with E-state index in [9.17, 15) is 18.0 Å². The molecule has 2 rings (SSSR count). The maximum atomic E-state index is 12.3. The average Bonchev–Trinajstić information content (AvgIpc) is 2.53. The van der Waals surface area contributed by atoms with Gasteiger partial charge in [0.2, 0.25) is 5.91 Å². The predicted octanol–water partition coefficient (Wildman–Crippen LogP) is 3.09. The highest BCUT2D eigenvalue weighted by molar-refractivity contribution is 7.99. The van der Waals surface area contributed by atoms with E-state index in [0.717, 1.165) is 18.1 Å². The first-order valence-electron chi connectivity index (χ1n) is 7.36. The standard InChI is InChI=1S/C15H19F3N2O3S.ClH/c1-22-12-3-2-10(6-13(12)23-9-15(16,17)18)20-14(21)7-11-8-24-5-4-19-11;/h2-3,6,11,19H,4-5,7-9H2,1H3,(H,20,21);1H. The van der Waals surface area contributed by atoms with Gasteiger partial charge in [0.25, 0.3) is 0 Å². The summed E-state index contributed by atoms with van der Waals surface area (Å²) >= 11 is 1.78. The normalized spacial score (nSPS) is 17.4. The zero-order valence-corrected chi connectivity index (χ0v) is 15.2. The number of alkyl halides is 3. The van der Waals surface area contributed by atoms with E-state index in [2.05, 4.69) is 10.6 Å². The summed E-state index contributed by atoms with van der Waals surface area (Å²) < 4.78 is 46.6. The lowest BCUT2D eigenvalue weighted by atomic mass is 10.2. The highest BCUT2D eigenvalue weighted by Crippen LogP contribution is 2.31. The van der Waals surface area contributed by atoms with Gasteiger partial charge in [-0.1, -0.05) is 0 Å². The van der Waals surface area contributed by atoms with Crippen LogP contribution in [0.1, 0.15) is 6.42 Å². The van der Waals surface area contributed by atoms with Crippen molar-refractivity contribution in [2.24, 2.45) is 0 Å². The fourth-order valence-electron chi connectivity index (χ4n) is 2.21. The zero-order chi connectivity index (χ0) is 17.6. The molecule has 0 aliphatic carbocycles. The van der Waals surface area contributed by atoms with E-state index in [0.29, 0.717) is 12.1 Å². The number of hydrogen-bond acceptors (Lipinski definition) is 5. The summed E-state index contributed by atoms with van der Waals surface area (Å²) in [6.45, 7) is -0.565. The van der Waals surface area contributed by atoms with E-state index in [1.165, 1.54) is 19.2 Å². The smallest absolute Gasteiger partial charge is 0.422 e. The molecular weight excluding hydrogens is 381 g/mol. The second-order valence-corrected chi connectivity index (χ2v) is 6.40. The third kappa shape index (κ3) is 7.62. The van der Waals surface area contributed by atoms with Crippen LogP contribution in [0.4, 0.5) is 18.9 Å². The SMILES string of the molecule is COc1ccc(NC(=O)CC2CSCCN2)cc1OCC(F)(F)F.Cl. The molecule has 25 heavy (non-hydrogen) atoms. The summed E-state index contributed by atoms with van der Waals surface area (Å²) in [6.07, 6.45) is -4.15. The topological polar surface area (TPSA) is 59.6 Å². The van der Waals surface area contributed by atoms with Gasteiger partial charge in [-0.15, -0.1) is 12.4 Å². The number of amides is 1. The molecule has 1 saturated heterocycles. The second kappa shape index (κ2) is 9.98. The molecule has 1 aliphatic heterocycles. The maximum absolute atomic E-state index is 12.3. The highest BCUT2D eigenvalue weighted by Gasteiger charge is 2.29. The lowest BCUT2D eigenvalue weighted by Gasteiger charge is -2.22. The molecule has 0 spiro atoms. The number of carbonyl (C=O) groups excluding carboxylic acids is 1. The van der Waals surface area contributed by atoms with Crippen molar-refractivity contribution in [3.63, 3.8) is 0 Å². The van der Waals surface area contributed by atoms with Crippen LogP contribution in [0.15, 0.2) is 18.2 Å². The molecule has 1 amide bonds. The summed E-state index contributed by atoms with van der Waals surface area (Å²) in [5.74, 6) is 1.77. The van der Waals surface area contributed by atoms with E-state index >= 15 is 0 Å². The molecule has 10 heteroatoms. The lowest BCUT2D eigenvalue weighted by Crippen LogP contribution is -2.39. The predicted molar refractivity (Wildman–Crippen MR) is 94.2 cm³/mol. The number of hydrogen-bond donors (Lipinski definition) is 2. The van der Waals surface area contributed by atoms with Crippen molar-refractivity contribution in [1.29, 1.82) is 0 Å². The number of halogens is 4. The monoisotopic (exact) mass is 400 g/mol. The molecule has 2 N–H and O–H groups in total. The summed E-state index contributed by atoms with van der Waals surface area (Å²) in [5.41, 5.74) is 0.362. The summed E-state index contributed by atoms with van der Waals surface area (Å²) in [4.78, 5) is 12.1. The fourth-order valence-corrected chi connectivity index (χ4v) is 3.16. The Morgan fingerprint density at radius 3 is 2.76 bits per heavy atom. The summed E-state index contributed by atoms with van der Waals surface area (Å²) in [6, 6.07) is 4.44. The molecule has 1 unspecified atom stereocenters. The van der Waals surface area contributed by atoms with E-state index in [1.807, 2.05) is 0 Å². The van der Waals surface area contributed by atoms with Crippen LogP contribution in [0.3, 0.4) is 0 Å². The number of methoxy groups -OCH3 is 1. The van der Waals surface area contributed by atoms with Gasteiger partial charge >= 0.3 is 6.18 Å². The van der Waals surface area contributed by atoms with Gasteiger partial charge in [-0.05, 0) is 12.1 Å². The van der Waals surface area contributed by atoms with Crippen LogP contribution in [0.2, 0.25) is 0 Å². The molecule has 1 fully saturated rings. The van der Waals surface area contributed by atoms with Gasteiger partial charge in [0.1, 0.15) is 0 Å². The second-order valence-electron chi connectivity index (χ2n) is 5.25. The third-order valence-electron chi connectivity index (χ3n) is 3.27. The highest BCUT2D eigenvalue weighted by atomic mass is 35.5. The lowest BCUT2D eigenvalue weighted by molar-refractivity contribution is -0.153. The molecule has 1 atom stereocenters. The summed E-state index contributed by atoms with van der Waals surface area (Å²) in [7, 11) is 1.33. The third-order valence-corrected chi connectivity index (χ3v) is 4.40. The van der Waals surface area contributed by atoms with Gasteiger partial charge in [0.15, 0.2) is 18.1 Å². The number of nitrogens with one attached hydrogen (secondary N) is 2. The van der Waals surface area contributed by atoms with E-state index < -0.39 is 12.8 Å². The number of benzene rings is 1. The van der Waals surface area contributed by atoms with Crippen LogP contribution < -0.4 is 20.1 Å². The Kier molecular flexibility index (Phi) is 8.67. The van der Waals surface area contributed by atoms with Gasteiger partial charge in [0, 0.05) is 42.3 Å². The Morgan fingerprint density at radius 2 is 2.16 bits per heavy atom. The first kappa shape index (κ1) is 21.7. The van der Waals surface area contributed by atoms with E-state index in [-0.39, 0.29) is 35.9 Å². The van der Waals surface area contributed by atoms with Gasteiger partial charge in [0.05, 0.1) is 7.11 Å². The van der Waals surface area contributed by atoms with Crippen LogP contribution in [0.5, 0.6) is 11.5 Å². The van der Waals surface area contributed by atoms with E-state index in [4.69, 9.17) is 9.47 Å². The first-order valence-corrected chi connectivity index (χ1v) is 8.51. The van der Waals surface area contributed by atoms with Crippen molar-refractivity contribution in [3.8, 4) is 11.5 Å².